The van der Waals surface area contributed by atoms with E-state index in [2.05, 4.69) is 47.2 Å². The largest absolute Gasteiger partial charge is 0.308 e. The zero-order valence-electron chi connectivity index (χ0n) is 24.1. The molecule has 0 radical (unpaired) electrons. The number of anilines is 1. The number of nitrogens with zero attached hydrogens (tertiary/aromatic N) is 5. The lowest BCUT2D eigenvalue weighted by Crippen LogP contribution is -2.35. The van der Waals surface area contributed by atoms with E-state index in [1.807, 2.05) is 31.2 Å². The van der Waals surface area contributed by atoms with Crippen molar-refractivity contribution in [2.24, 2.45) is 0 Å². The van der Waals surface area contributed by atoms with Crippen molar-refractivity contribution in [1.29, 1.82) is 0 Å². The first-order chi connectivity index (χ1) is 20.0. The number of carbonyl (C=O) groups excluding carboxylic acids is 1. The topological polar surface area (TPSA) is 101 Å². The minimum absolute atomic E-state index is 0.193. The van der Waals surface area contributed by atoms with Gasteiger partial charge in [-0.25, -0.2) is 14.2 Å². The summed E-state index contributed by atoms with van der Waals surface area (Å²) in [7, 11) is -1.81. The van der Waals surface area contributed by atoms with Crippen molar-refractivity contribution in [3.63, 3.8) is 0 Å². The first-order valence-electron chi connectivity index (χ1n) is 13.6. The summed E-state index contributed by atoms with van der Waals surface area (Å²) in [6.07, 6.45) is 1.74. The van der Waals surface area contributed by atoms with Crippen LogP contribution in [0.3, 0.4) is 0 Å². The highest BCUT2D eigenvalue weighted by Crippen LogP contribution is 2.38. The average molecular weight is 638 g/mol. The summed E-state index contributed by atoms with van der Waals surface area (Å²) in [6.45, 7) is 11.2. The Morgan fingerprint density at radius 3 is 2.38 bits per heavy atom. The van der Waals surface area contributed by atoms with E-state index in [1.54, 1.807) is 30.3 Å². The standard InChI is InChI=1S/C30H32ClN5O3S2Si/c1-6-10-24-33-26-19(2)32-30(31)34-27(26)35(24)18-20-13-15-21(16-14-20)23-17-25(42(3,4)5)40-29(23)36(41(38)39)28(37)22-11-8-7-9-12-22/h7-9,11-17H,6,10,18H2,1-5H3,(H,38,39). The Bertz CT molecular complexity index is 1780. The normalized spacial score (nSPS) is 12.5. The summed E-state index contributed by atoms with van der Waals surface area (Å²) in [5.74, 6) is 0.404. The third-order valence-corrected chi connectivity index (χ3v) is 12.5. The molecule has 2 aromatic carbocycles. The molecule has 0 fully saturated rings. The predicted molar refractivity (Wildman–Crippen MR) is 175 cm³/mol. The van der Waals surface area contributed by atoms with Crippen molar-refractivity contribution >= 4 is 68.9 Å². The first-order valence-corrected chi connectivity index (χ1v) is 19.4. The van der Waals surface area contributed by atoms with Gasteiger partial charge in [0.15, 0.2) is 5.65 Å². The molecular weight excluding hydrogens is 606 g/mol. The van der Waals surface area contributed by atoms with Crippen LogP contribution in [0.1, 0.15) is 40.8 Å². The Morgan fingerprint density at radius 2 is 1.76 bits per heavy atom. The molecule has 1 unspecified atom stereocenters. The van der Waals surface area contributed by atoms with Gasteiger partial charge in [-0.15, -0.1) is 11.3 Å². The molecular formula is C30H32ClN5O3S2Si. The van der Waals surface area contributed by atoms with Crippen molar-refractivity contribution in [3.8, 4) is 11.1 Å². The summed E-state index contributed by atoms with van der Waals surface area (Å²) in [5, 5.41) is 0.654. The van der Waals surface area contributed by atoms with E-state index in [9.17, 15) is 13.6 Å². The van der Waals surface area contributed by atoms with Gasteiger partial charge < -0.3 is 4.57 Å². The fraction of sp³-hybridized carbons (Fsp3) is 0.267. The number of halogens is 1. The smallest absolute Gasteiger partial charge is 0.272 e. The summed E-state index contributed by atoms with van der Waals surface area (Å²) < 4.78 is 27.2. The number of amides is 1. The number of carbonyl (C=O) groups is 1. The molecule has 8 nitrogen and oxygen atoms in total. The number of rotatable bonds is 9. The van der Waals surface area contributed by atoms with E-state index >= 15 is 0 Å². The van der Waals surface area contributed by atoms with Gasteiger partial charge >= 0.3 is 0 Å². The number of thiophene rings is 1. The minimum Gasteiger partial charge on any atom is -0.308 e. The molecule has 3 heterocycles. The summed E-state index contributed by atoms with van der Waals surface area (Å²) in [6, 6.07) is 18.7. The zero-order chi connectivity index (χ0) is 30.2. The van der Waals surface area contributed by atoms with Gasteiger partial charge in [-0.05, 0) is 58.8 Å². The van der Waals surface area contributed by atoms with Gasteiger partial charge in [0, 0.05) is 17.5 Å². The summed E-state index contributed by atoms with van der Waals surface area (Å²) in [4.78, 5) is 27.0. The van der Waals surface area contributed by atoms with Gasteiger partial charge in [0.1, 0.15) is 16.3 Å². The number of imidazole rings is 1. The van der Waals surface area contributed by atoms with Crippen LogP contribution in [0, 0.1) is 6.92 Å². The second-order valence-electron chi connectivity index (χ2n) is 11.1. The number of aromatic nitrogens is 4. The van der Waals surface area contributed by atoms with E-state index in [-0.39, 0.29) is 5.28 Å². The van der Waals surface area contributed by atoms with Crippen LogP contribution in [-0.2, 0) is 24.2 Å². The molecule has 0 aliphatic heterocycles. The molecule has 0 aliphatic rings. The van der Waals surface area contributed by atoms with Crippen molar-refractivity contribution in [2.45, 2.75) is 52.9 Å². The van der Waals surface area contributed by atoms with Crippen LogP contribution >= 0.6 is 22.9 Å². The maximum absolute atomic E-state index is 13.5. The first kappa shape index (κ1) is 30.2. The molecule has 1 N–H and O–H groups in total. The number of hydrogen-bond donors (Lipinski definition) is 1. The van der Waals surface area contributed by atoms with E-state index in [0.717, 1.165) is 55.4 Å². The highest BCUT2D eigenvalue weighted by atomic mass is 35.5. The number of hydrogen-bond acceptors (Lipinski definition) is 6. The van der Waals surface area contributed by atoms with Gasteiger partial charge in [-0.3, -0.25) is 9.35 Å². The monoisotopic (exact) mass is 637 g/mol. The molecule has 0 aliphatic carbocycles. The summed E-state index contributed by atoms with van der Waals surface area (Å²) in [5.41, 5.74) is 5.20. The van der Waals surface area contributed by atoms with Crippen LogP contribution < -0.4 is 8.81 Å². The maximum atomic E-state index is 13.5. The second-order valence-corrected chi connectivity index (χ2v) is 18.7. The molecule has 0 spiro atoms. The molecule has 0 bridgehead atoms. The van der Waals surface area contributed by atoms with Crippen molar-refractivity contribution < 1.29 is 13.6 Å². The van der Waals surface area contributed by atoms with Crippen LogP contribution in [0.15, 0.2) is 60.7 Å². The molecule has 5 aromatic rings. The Balaban J connectivity index is 1.55. The maximum Gasteiger partial charge on any atom is 0.272 e. The van der Waals surface area contributed by atoms with Crippen LogP contribution in [0.5, 0.6) is 0 Å². The molecule has 3 aromatic heterocycles. The molecule has 0 saturated carbocycles. The molecule has 1 amide bonds. The van der Waals surface area contributed by atoms with Crippen LogP contribution in [-0.4, -0.2) is 42.3 Å². The molecule has 0 saturated heterocycles. The fourth-order valence-corrected chi connectivity index (χ4v) is 8.67. The summed E-state index contributed by atoms with van der Waals surface area (Å²) >= 11 is 5.07. The lowest BCUT2D eigenvalue weighted by molar-refractivity contribution is 0.101. The fourth-order valence-electron chi connectivity index (χ4n) is 4.74. The Labute approximate surface area is 257 Å². The zero-order valence-corrected chi connectivity index (χ0v) is 27.5. The third-order valence-electron chi connectivity index (χ3n) is 6.90. The molecule has 1 atom stereocenters. The van der Waals surface area contributed by atoms with E-state index in [4.69, 9.17) is 16.6 Å². The van der Waals surface area contributed by atoms with Crippen LogP contribution in [0.2, 0.25) is 24.9 Å². The van der Waals surface area contributed by atoms with Crippen LogP contribution in [0.25, 0.3) is 22.3 Å². The van der Waals surface area contributed by atoms with E-state index < -0.39 is 25.2 Å². The second kappa shape index (κ2) is 12.2. The Hall–Kier alpha value is -3.22. The Morgan fingerprint density at radius 1 is 1.07 bits per heavy atom. The molecule has 218 valence electrons. The predicted octanol–water partition coefficient (Wildman–Crippen LogP) is 6.85. The molecule has 42 heavy (non-hydrogen) atoms. The molecule has 12 heteroatoms. The van der Waals surface area contributed by atoms with Gasteiger partial charge in [0.25, 0.3) is 17.2 Å². The van der Waals surface area contributed by atoms with Crippen molar-refractivity contribution in [1.82, 2.24) is 19.5 Å². The lowest BCUT2D eigenvalue weighted by Gasteiger charge is -2.19. The Kier molecular flexibility index (Phi) is 8.77. The highest BCUT2D eigenvalue weighted by molar-refractivity contribution is 7.82. The number of fused-ring (bicyclic) bond motifs is 1. The van der Waals surface area contributed by atoms with Crippen molar-refractivity contribution in [2.75, 3.05) is 4.31 Å². The average Bonchev–Trinajstić information content (AvgIpc) is 3.53. The van der Waals surface area contributed by atoms with Gasteiger partial charge in [0.05, 0.1) is 20.3 Å². The van der Waals surface area contributed by atoms with Crippen LogP contribution in [0.4, 0.5) is 5.00 Å². The van der Waals surface area contributed by atoms with Gasteiger partial charge in [0.2, 0.25) is 5.28 Å². The van der Waals surface area contributed by atoms with Gasteiger partial charge in [-0.1, -0.05) is 69.0 Å². The van der Waals surface area contributed by atoms with Crippen molar-refractivity contribution in [3.05, 3.63) is 88.6 Å². The minimum atomic E-state index is -2.55. The SMILES string of the molecule is CCCc1nc2c(C)nc(Cl)nc2n1Cc1ccc(-c2cc([Si](C)(C)C)sc2N(C(=O)c2ccccc2)S(=O)O)cc1. The van der Waals surface area contributed by atoms with E-state index in [1.165, 1.54) is 11.3 Å². The van der Waals surface area contributed by atoms with Gasteiger partial charge in [-0.2, -0.15) is 9.29 Å². The third kappa shape index (κ3) is 6.11. The molecule has 5 rings (SSSR count). The number of benzene rings is 2. The quantitative estimate of drug-likeness (QED) is 0.108. The highest BCUT2D eigenvalue weighted by Gasteiger charge is 2.31. The lowest BCUT2D eigenvalue weighted by atomic mass is 10.1. The van der Waals surface area contributed by atoms with E-state index in [0.29, 0.717) is 22.8 Å². The number of aryl methyl sites for hydroxylation is 2.